The van der Waals surface area contributed by atoms with Crippen LogP contribution in [0.15, 0.2) is 0 Å². The highest BCUT2D eigenvalue weighted by atomic mass is 16.5. The molecule has 3 rings (SSSR count). The average molecular weight is 336 g/mol. The van der Waals surface area contributed by atoms with Gasteiger partial charge in [-0.25, -0.2) is 0 Å². The molecule has 3 aliphatic rings. The van der Waals surface area contributed by atoms with Crippen LogP contribution in [-0.2, 0) is 14.3 Å². The fourth-order valence-corrected chi connectivity index (χ4v) is 4.50. The zero-order valence-corrected chi connectivity index (χ0v) is 15.2. The molecule has 2 heterocycles. The monoisotopic (exact) mass is 336 g/mol. The quantitative estimate of drug-likeness (QED) is 0.838. The molecule has 5 heteroatoms. The van der Waals surface area contributed by atoms with E-state index in [0.29, 0.717) is 6.54 Å². The number of ether oxygens (including phenoxy) is 1. The van der Waals surface area contributed by atoms with E-state index in [0.717, 1.165) is 64.7 Å². The first-order valence-electron chi connectivity index (χ1n) is 9.72. The van der Waals surface area contributed by atoms with E-state index in [2.05, 4.69) is 19.2 Å². The van der Waals surface area contributed by atoms with Gasteiger partial charge in [0.2, 0.25) is 11.8 Å². The third-order valence-electron chi connectivity index (χ3n) is 6.19. The maximum atomic E-state index is 12.9. The molecule has 0 unspecified atom stereocenters. The molecular formula is C19H32N2O3. The van der Waals surface area contributed by atoms with E-state index >= 15 is 0 Å². The van der Waals surface area contributed by atoms with Gasteiger partial charge in [0.1, 0.15) is 0 Å². The minimum atomic E-state index is -0.0357. The summed E-state index contributed by atoms with van der Waals surface area (Å²) < 4.78 is 5.45. The smallest absolute Gasteiger partial charge is 0.226 e. The van der Waals surface area contributed by atoms with Crippen molar-refractivity contribution in [2.24, 2.45) is 17.3 Å². The molecule has 0 radical (unpaired) electrons. The Labute approximate surface area is 145 Å². The van der Waals surface area contributed by atoms with Gasteiger partial charge in [0.05, 0.1) is 5.92 Å². The lowest BCUT2D eigenvalue weighted by molar-refractivity contribution is -0.138. The number of hydrogen-bond donors (Lipinski definition) is 1. The van der Waals surface area contributed by atoms with Gasteiger partial charge in [-0.15, -0.1) is 0 Å². The summed E-state index contributed by atoms with van der Waals surface area (Å²) in [6.45, 7) is 7.20. The molecule has 1 saturated carbocycles. The van der Waals surface area contributed by atoms with Crippen molar-refractivity contribution in [1.29, 1.82) is 0 Å². The summed E-state index contributed by atoms with van der Waals surface area (Å²) in [5.74, 6) is 0.564. The maximum Gasteiger partial charge on any atom is 0.226 e. The molecule has 1 aliphatic carbocycles. The van der Waals surface area contributed by atoms with Gasteiger partial charge in [-0.2, -0.15) is 0 Å². The van der Waals surface area contributed by atoms with Crippen LogP contribution in [0.5, 0.6) is 0 Å². The summed E-state index contributed by atoms with van der Waals surface area (Å²) in [6, 6.07) is 0.225. The highest BCUT2D eigenvalue weighted by Gasteiger charge is 2.59. The Bertz CT molecular complexity index is 473. The molecule has 3 fully saturated rings. The molecule has 2 aliphatic heterocycles. The molecule has 1 spiro atoms. The minimum Gasteiger partial charge on any atom is -0.381 e. The number of amides is 2. The SMILES string of the molecule is CCC[C@H](C)NC(=O)[C@@H]1CCCN(C(=O)[C@@H]2CC23CCOCC3)C1. The topological polar surface area (TPSA) is 58.6 Å². The van der Waals surface area contributed by atoms with Crippen LogP contribution in [0.25, 0.3) is 0 Å². The number of rotatable bonds is 5. The predicted molar refractivity (Wildman–Crippen MR) is 92.4 cm³/mol. The number of hydrogen-bond acceptors (Lipinski definition) is 3. The van der Waals surface area contributed by atoms with Gasteiger partial charge in [0.25, 0.3) is 0 Å². The number of likely N-dealkylation sites (tertiary alicyclic amines) is 1. The highest BCUT2D eigenvalue weighted by Crippen LogP contribution is 2.59. The van der Waals surface area contributed by atoms with E-state index in [1.54, 1.807) is 0 Å². The first kappa shape index (κ1) is 17.7. The molecule has 0 aromatic rings. The van der Waals surface area contributed by atoms with Gasteiger partial charge >= 0.3 is 0 Å². The second kappa shape index (κ2) is 7.42. The largest absolute Gasteiger partial charge is 0.381 e. The van der Waals surface area contributed by atoms with Crippen LogP contribution in [0.2, 0.25) is 0 Å². The standard InChI is InChI=1S/C19H32N2O3/c1-3-5-14(2)20-17(22)15-6-4-9-21(13-15)18(23)16-12-19(16)7-10-24-11-8-19/h14-16H,3-13H2,1-2H3,(H,20,22)/t14-,15+,16-/m0/s1. The minimum absolute atomic E-state index is 0.0357. The Morgan fingerprint density at radius 3 is 2.79 bits per heavy atom. The summed E-state index contributed by atoms with van der Waals surface area (Å²) in [5, 5.41) is 3.12. The van der Waals surface area contributed by atoms with Gasteiger partial charge in [0.15, 0.2) is 0 Å². The first-order valence-corrected chi connectivity index (χ1v) is 9.72. The predicted octanol–water partition coefficient (Wildman–Crippen LogP) is 2.35. The van der Waals surface area contributed by atoms with Crippen LogP contribution in [0, 0.1) is 17.3 Å². The average Bonchev–Trinajstić information content (AvgIpc) is 3.28. The van der Waals surface area contributed by atoms with Crippen LogP contribution >= 0.6 is 0 Å². The van der Waals surface area contributed by atoms with Crippen LogP contribution in [0.3, 0.4) is 0 Å². The molecule has 0 aromatic carbocycles. The molecular weight excluding hydrogens is 304 g/mol. The molecule has 0 bridgehead atoms. The van der Waals surface area contributed by atoms with Crippen molar-refractivity contribution in [2.75, 3.05) is 26.3 Å². The molecule has 1 N–H and O–H groups in total. The van der Waals surface area contributed by atoms with E-state index in [1.807, 2.05) is 4.90 Å². The number of nitrogens with zero attached hydrogens (tertiary/aromatic N) is 1. The summed E-state index contributed by atoms with van der Waals surface area (Å²) >= 11 is 0. The Hall–Kier alpha value is -1.10. The van der Waals surface area contributed by atoms with Gasteiger partial charge < -0.3 is 15.0 Å². The number of carbonyl (C=O) groups is 2. The van der Waals surface area contributed by atoms with Crippen molar-refractivity contribution in [3.05, 3.63) is 0 Å². The molecule has 2 amide bonds. The van der Waals surface area contributed by atoms with Crippen molar-refractivity contribution < 1.29 is 14.3 Å². The zero-order chi connectivity index (χ0) is 17.2. The molecule has 5 nitrogen and oxygen atoms in total. The van der Waals surface area contributed by atoms with E-state index in [-0.39, 0.29) is 35.1 Å². The number of nitrogens with one attached hydrogen (secondary N) is 1. The second-order valence-corrected chi connectivity index (χ2v) is 8.05. The van der Waals surface area contributed by atoms with Crippen molar-refractivity contribution in [2.45, 2.75) is 64.8 Å². The summed E-state index contributed by atoms with van der Waals surface area (Å²) in [6.07, 6.45) is 6.99. The van der Waals surface area contributed by atoms with E-state index in [9.17, 15) is 9.59 Å². The van der Waals surface area contributed by atoms with Crippen molar-refractivity contribution in [1.82, 2.24) is 10.2 Å². The van der Waals surface area contributed by atoms with Gasteiger partial charge in [-0.3, -0.25) is 9.59 Å². The van der Waals surface area contributed by atoms with Crippen LogP contribution < -0.4 is 5.32 Å². The summed E-state index contributed by atoms with van der Waals surface area (Å²) in [5.41, 5.74) is 0.222. The lowest BCUT2D eigenvalue weighted by Gasteiger charge is -2.34. The van der Waals surface area contributed by atoms with Crippen molar-refractivity contribution >= 4 is 11.8 Å². The van der Waals surface area contributed by atoms with Crippen molar-refractivity contribution in [3.8, 4) is 0 Å². The lowest BCUT2D eigenvalue weighted by Crippen LogP contribution is -2.48. The molecule has 2 saturated heterocycles. The van der Waals surface area contributed by atoms with Gasteiger partial charge in [0, 0.05) is 38.3 Å². The number of piperidine rings is 1. The van der Waals surface area contributed by atoms with Crippen LogP contribution in [0.4, 0.5) is 0 Å². The second-order valence-electron chi connectivity index (χ2n) is 8.05. The highest BCUT2D eigenvalue weighted by molar-refractivity contribution is 5.84. The molecule has 0 aromatic heterocycles. The normalized spacial score (nSPS) is 30.0. The van der Waals surface area contributed by atoms with E-state index < -0.39 is 0 Å². The molecule has 3 atom stereocenters. The van der Waals surface area contributed by atoms with Gasteiger partial charge in [-0.05, 0) is 50.9 Å². The Balaban J connectivity index is 1.52. The lowest BCUT2D eigenvalue weighted by atomic mass is 9.92. The number of carbonyl (C=O) groups excluding carboxylic acids is 2. The third kappa shape index (κ3) is 3.76. The third-order valence-corrected chi connectivity index (χ3v) is 6.19. The Morgan fingerprint density at radius 1 is 1.33 bits per heavy atom. The van der Waals surface area contributed by atoms with Crippen molar-refractivity contribution in [3.63, 3.8) is 0 Å². The zero-order valence-electron chi connectivity index (χ0n) is 15.2. The molecule has 24 heavy (non-hydrogen) atoms. The maximum absolute atomic E-state index is 12.9. The van der Waals surface area contributed by atoms with Gasteiger partial charge in [-0.1, -0.05) is 13.3 Å². The fourth-order valence-electron chi connectivity index (χ4n) is 4.50. The summed E-state index contributed by atoms with van der Waals surface area (Å²) in [7, 11) is 0. The first-order chi connectivity index (χ1) is 11.6. The van der Waals surface area contributed by atoms with Crippen LogP contribution in [0.1, 0.15) is 58.8 Å². The fraction of sp³-hybridized carbons (Fsp3) is 0.895. The Kier molecular flexibility index (Phi) is 5.48. The van der Waals surface area contributed by atoms with Crippen LogP contribution in [-0.4, -0.2) is 49.1 Å². The Morgan fingerprint density at radius 2 is 2.08 bits per heavy atom. The molecule has 136 valence electrons. The van der Waals surface area contributed by atoms with E-state index in [4.69, 9.17) is 4.74 Å². The van der Waals surface area contributed by atoms with E-state index in [1.165, 1.54) is 0 Å². The summed E-state index contributed by atoms with van der Waals surface area (Å²) in [4.78, 5) is 27.3.